The maximum absolute atomic E-state index is 13.9. The van der Waals surface area contributed by atoms with Gasteiger partial charge in [0, 0.05) is 10.9 Å². The van der Waals surface area contributed by atoms with Crippen LogP contribution in [0, 0.1) is 0 Å². The summed E-state index contributed by atoms with van der Waals surface area (Å²) >= 11 is 2.95. The summed E-state index contributed by atoms with van der Waals surface area (Å²) in [4.78, 5) is 0. The number of hydrogen-bond donors (Lipinski definition) is 2. The van der Waals surface area contributed by atoms with Crippen LogP contribution in [0.4, 0.5) is 17.6 Å². The summed E-state index contributed by atoms with van der Waals surface area (Å²) in [6.45, 7) is -0.939. The van der Waals surface area contributed by atoms with Gasteiger partial charge >= 0.3 is 6.18 Å². The van der Waals surface area contributed by atoms with E-state index in [-0.39, 0.29) is 10.9 Å². The highest BCUT2D eigenvalue weighted by Gasteiger charge is 2.39. The quantitative estimate of drug-likeness (QED) is 0.760. The fourth-order valence-electron chi connectivity index (χ4n) is 2.30. The number of aliphatic hydroxyl groups is 2. The minimum Gasteiger partial charge on any atom is -0.490 e. The molecule has 1 fully saturated rings. The molecule has 4 unspecified atom stereocenters. The average molecular weight is 403 g/mol. The molecule has 2 rings (SSSR count). The molecule has 1 aliphatic rings. The monoisotopic (exact) mass is 402 g/mol. The van der Waals surface area contributed by atoms with Gasteiger partial charge in [0.05, 0.1) is 24.4 Å². The first-order valence-corrected chi connectivity index (χ1v) is 7.59. The lowest BCUT2D eigenvalue weighted by molar-refractivity contribution is -0.164. The molecular weight excluding hydrogens is 388 g/mol. The summed E-state index contributed by atoms with van der Waals surface area (Å²) < 4.78 is 63.3. The molecule has 2 N–H and O–H groups in total. The molecule has 4 atom stereocenters. The molecule has 1 aliphatic heterocycles. The van der Waals surface area contributed by atoms with E-state index < -0.39 is 55.2 Å². The Morgan fingerprint density at radius 2 is 2.04 bits per heavy atom. The molecule has 4 nitrogen and oxygen atoms in total. The first-order valence-electron chi connectivity index (χ1n) is 6.80. The molecule has 1 heterocycles. The third-order valence-electron chi connectivity index (χ3n) is 3.45. The minimum absolute atomic E-state index is 0.0831. The summed E-state index contributed by atoms with van der Waals surface area (Å²) in [5.74, 6) is -0.461. The van der Waals surface area contributed by atoms with Crippen LogP contribution in [0.1, 0.15) is 12.0 Å². The fraction of sp³-hybridized carbons (Fsp3) is 0.571. The number of benzene rings is 1. The summed E-state index contributed by atoms with van der Waals surface area (Å²) in [6.07, 6.45) is -9.92. The lowest BCUT2D eigenvalue weighted by Gasteiger charge is -2.35. The van der Waals surface area contributed by atoms with E-state index in [0.717, 1.165) is 12.1 Å². The minimum atomic E-state index is -4.63. The maximum atomic E-state index is 13.9. The number of rotatable bonds is 4. The second-order valence-corrected chi connectivity index (χ2v) is 6.09. The van der Waals surface area contributed by atoms with Crippen molar-refractivity contribution >= 4 is 15.9 Å². The maximum Gasteiger partial charge on any atom is 0.420 e. The van der Waals surface area contributed by atoms with Gasteiger partial charge in [-0.15, -0.1) is 0 Å². The van der Waals surface area contributed by atoms with E-state index in [1.165, 1.54) is 6.07 Å². The average Bonchev–Trinajstić information content (AvgIpc) is 2.48. The Bertz CT molecular complexity index is 540. The predicted molar refractivity (Wildman–Crippen MR) is 75.9 cm³/mol. The van der Waals surface area contributed by atoms with Crippen LogP contribution in [0.5, 0.6) is 5.75 Å². The summed E-state index contributed by atoms with van der Waals surface area (Å²) in [5, 5.41) is 18.6. The third-order valence-corrected chi connectivity index (χ3v) is 3.94. The third kappa shape index (κ3) is 4.56. The second-order valence-electron chi connectivity index (χ2n) is 5.18. The Balaban J connectivity index is 2.11. The molecule has 9 heteroatoms. The second kappa shape index (κ2) is 7.33. The van der Waals surface area contributed by atoms with Gasteiger partial charge in [-0.25, -0.2) is 4.39 Å². The highest BCUT2D eigenvalue weighted by molar-refractivity contribution is 9.10. The predicted octanol–water partition coefficient (Wildman–Crippen LogP) is 2.70. The summed E-state index contributed by atoms with van der Waals surface area (Å²) in [6, 6.07) is 3.34. The Morgan fingerprint density at radius 1 is 1.35 bits per heavy atom. The van der Waals surface area contributed by atoms with Gasteiger partial charge in [-0.2, -0.15) is 13.2 Å². The fourth-order valence-corrected chi connectivity index (χ4v) is 2.66. The lowest BCUT2D eigenvalue weighted by atomic mass is 9.99. The standard InChI is InChI=1S/C14H15BrF4O4/c15-7-1-2-11(9(3-7)14(17,18)19)22-6-12-13(16)10(21)4-8(5-20)23-12/h1-3,8,10,12-13,20-21H,4-6H2. The summed E-state index contributed by atoms with van der Waals surface area (Å²) in [5.41, 5.74) is -1.00. The van der Waals surface area contributed by atoms with Crippen molar-refractivity contribution in [1.82, 2.24) is 0 Å². The van der Waals surface area contributed by atoms with Crippen LogP contribution in [-0.2, 0) is 10.9 Å². The molecule has 1 aromatic carbocycles. The zero-order valence-electron chi connectivity index (χ0n) is 11.8. The van der Waals surface area contributed by atoms with Gasteiger partial charge < -0.3 is 19.7 Å². The van der Waals surface area contributed by atoms with Crippen molar-refractivity contribution < 1.29 is 37.2 Å². The van der Waals surface area contributed by atoms with Gasteiger partial charge in [-0.05, 0) is 18.2 Å². The molecule has 0 radical (unpaired) electrons. The van der Waals surface area contributed by atoms with Crippen molar-refractivity contribution in [3.63, 3.8) is 0 Å². The van der Waals surface area contributed by atoms with Crippen molar-refractivity contribution in [3.05, 3.63) is 28.2 Å². The van der Waals surface area contributed by atoms with Gasteiger partial charge in [0.15, 0.2) is 6.17 Å². The van der Waals surface area contributed by atoms with Crippen LogP contribution in [0.15, 0.2) is 22.7 Å². The van der Waals surface area contributed by atoms with Crippen LogP contribution in [0.3, 0.4) is 0 Å². The molecule has 0 spiro atoms. The number of alkyl halides is 4. The molecule has 0 bridgehead atoms. The van der Waals surface area contributed by atoms with E-state index in [2.05, 4.69) is 15.9 Å². The van der Waals surface area contributed by atoms with Crippen LogP contribution in [-0.4, -0.2) is 47.9 Å². The van der Waals surface area contributed by atoms with Crippen molar-refractivity contribution in [1.29, 1.82) is 0 Å². The normalized spacial score (nSPS) is 28.7. The zero-order valence-corrected chi connectivity index (χ0v) is 13.3. The highest BCUT2D eigenvalue weighted by atomic mass is 79.9. The Labute approximate surface area is 138 Å². The molecule has 23 heavy (non-hydrogen) atoms. The van der Waals surface area contributed by atoms with E-state index >= 15 is 0 Å². The first-order chi connectivity index (χ1) is 10.7. The molecular formula is C14H15BrF4O4. The van der Waals surface area contributed by atoms with Gasteiger partial charge in [-0.3, -0.25) is 0 Å². The molecule has 0 amide bonds. The van der Waals surface area contributed by atoms with Gasteiger partial charge in [0.2, 0.25) is 0 Å². The molecule has 130 valence electrons. The number of aliphatic hydroxyl groups excluding tert-OH is 2. The molecule has 1 saturated heterocycles. The van der Waals surface area contributed by atoms with Gasteiger partial charge in [0.25, 0.3) is 0 Å². The Morgan fingerprint density at radius 3 is 2.65 bits per heavy atom. The van der Waals surface area contributed by atoms with E-state index in [4.69, 9.17) is 14.6 Å². The van der Waals surface area contributed by atoms with Crippen LogP contribution in [0.25, 0.3) is 0 Å². The van der Waals surface area contributed by atoms with Crippen LogP contribution < -0.4 is 4.74 Å². The van der Waals surface area contributed by atoms with Crippen molar-refractivity contribution in [3.8, 4) is 5.75 Å². The van der Waals surface area contributed by atoms with E-state index in [1.54, 1.807) is 0 Å². The Hall–Kier alpha value is -0.900. The SMILES string of the molecule is OCC1CC(O)C(F)C(COc2ccc(Br)cc2C(F)(F)F)O1. The van der Waals surface area contributed by atoms with Crippen LogP contribution >= 0.6 is 15.9 Å². The number of ether oxygens (including phenoxy) is 2. The van der Waals surface area contributed by atoms with E-state index in [1.807, 2.05) is 0 Å². The van der Waals surface area contributed by atoms with E-state index in [0.29, 0.717) is 0 Å². The van der Waals surface area contributed by atoms with Gasteiger partial charge in [-0.1, -0.05) is 15.9 Å². The van der Waals surface area contributed by atoms with Crippen molar-refractivity contribution in [2.24, 2.45) is 0 Å². The van der Waals surface area contributed by atoms with Gasteiger partial charge in [0.1, 0.15) is 18.5 Å². The largest absolute Gasteiger partial charge is 0.490 e. The lowest BCUT2D eigenvalue weighted by Crippen LogP contribution is -2.49. The van der Waals surface area contributed by atoms with Crippen molar-refractivity contribution in [2.75, 3.05) is 13.2 Å². The van der Waals surface area contributed by atoms with Crippen molar-refractivity contribution in [2.45, 2.75) is 37.1 Å². The first kappa shape index (κ1) is 18.4. The highest BCUT2D eigenvalue weighted by Crippen LogP contribution is 2.38. The summed E-state index contributed by atoms with van der Waals surface area (Å²) in [7, 11) is 0. The molecule has 1 aromatic rings. The number of hydrogen-bond acceptors (Lipinski definition) is 4. The topological polar surface area (TPSA) is 58.9 Å². The zero-order chi connectivity index (χ0) is 17.2. The number of halogens is 5. The smallest absolute Gasteiger partial charge is 0.420 e. The molecule has 0 aliphatic carbocycles. The Kier molecular flexibility index (Phi) is 5.88. The van der Waals surface area contributed by atoms with Crippen LogP contribution in [0.2, 0.25) is 0 Å². The molecule has 0 aromatic heterocycles. The molecule has 0 saturated carbocycles. The van der Waals surface area contributed by atoms with E-state index in [9.17, 15) is 22.7 Å².